The van der Waals surface area contributed by atoms with Crippen molar-refractivity contribution >= 4 is 46.3 Å². The van der Waals surface area contributed by atoms with Crippen LogP contribution in [0, 0.1) is 23.3 Å². The molecule has 5 nitrogen and oxygen atoms in total. The molecule has 11 heteroatoms. The van der Waals surface area contributed by atoms with Crippen LogP contribution in [-0.4, -0.2) is 23.9 Å². The molecule has 1 amide bonds. The number of thiocarbonyl (C=S) groups is 1. The molecule has 3 aromatic carbocycles. The summed E-state index contributed by atoms with van der Waals surface area (Å²) >= 11 is 11.0. The number of ketones is 1. The van der Waals surface area contributed by atoms with Gasteiger partial charge in [0.2, 0.25) is 11.6 Å². The molecule has 0 bridgehead atoms. The topological polar surface area (TPSA) is 67.4 Å². The fourth-order valence-electron chi connectivity index (χ4n) is 2.87. The summed E-state index contributed by atoms with van der Waals surface area (Å²) in [7, 11) is 0.805. The second-order valence-corrected chi connectivity index (χ2v) is 7.30. The molecule has 0 unspecified atom stereocenters. The van der Waals surface area contributed by atoms with Gasteiger partial charge in [0.25, 0.3) is 5.91 Å². The molecule has 3 rings (SSSR count). The largest absolute Gasteiger partial charge is 0.491 e. The number of hydrogen-bond acceptors (Lipinski definition) is 4. The van der Waals surface area contributed by atoms with Crippen molar-refractivity contribution in [1.29, 1.82) is 0 Å². The predicted octanol–water partition coefficient (Wildman–Crippen LogP) is 5.26. The van der Waals surface area contributed by atoms with Crippen molar-refractivity contribution in [2.24, 2.45) is 0 Å². The highest BCUT2D eigenvalue weighted by Crippen LogP contribution is 2.30. The van der Waals surface area contributed by atoms with Crippen LogP contribution in [-0.2, 0) is 0 Å². The molecule has 170 valence electrons. The maximum atomic E-state index is 14.2. The molecule has 0 aliphatic rings. The Hall–Kier alpha value is -3.50. The molecular formula is C22H13ClF4N2O3S. The number of carbonyl (C=O) groups excluding carboxylic acids is 2. The number of nitrogens with one attached hydrogen (secondary N) is 2. The average Bonchev–Trinajstić information content (AvgIpc) is 2.79. The van der Waals surface area contributed by atoms with Gasteiger partial charge in [-0.2, -0.15) is 8.78 Å². The summed E-state index contributed by atoms with van der Waals surface area (Å²) in [5.41, 5.74) is -0.992. The van der Waals surface area contributed by atoms with Crippen LogP contribution in [0.1, 0.15) is 26.3 Å². The Morgan fingerprint density at radius 2 is 1.55 bits per heavy atom. The average molecular weight is 497 g/mol. The molecule has 0 aromatic heterocycles. The smallest absolute Gasteiger partial charge is 0.263 e. The van der Waals surface area contributed by atoms with Gasteiger partial charge in [0.15, 0.2) is 28.3 Å². The Bertz CT molecular complexity index is 1240. The fraction of sp³-hybridized carbons (Fsp3) is 0.0455. The SMILES string of the molecule is COc1c(F)c(F)c(C(=O)NC(=S)Nc2ccc(Cl)cc2C(=O)c2ccccc2)c(F)c1F. The third-order valence-electron chi connectivity index (χ3n) is 4.39. The first kappa shape index (κ1) is 24.1. The van der Waals surface area contributed by atoms with Gasteiger partial charge in [0.05, 0.1) is 12.8 Å². The Balaban J connectivity index is 1.87. The minimum Gasteiger partial charge on any atom is -0.491 e. The fourth-order valence-corrected chi connectivity index (χ4v) is 3.24. The van der Waals surface area contributed by atoms with Gasteiger partial charge in [-0.15, -0.1) is 0 Å². The standard InChI is InChI=1S/C22H13ClF4N2O3S/c1-32-20-17(26)15(24)14(16(25)18(20)27)21(31)29-22(33)28-13-8-7-11(23)9-12(13)19(30)10-5-3-2-4-6-10/h2-9H,1H3,(H2,28,29,31,33). The second-order valence-electron chi connectivity index (χ2n) is 6.46. The monoisotopic (exact) mass is 496 g/mol. The van der Waals surface area contributed by atoms with E-state index in [0.717, 1.165) is 7.11 Å². The van der Waals surface area contributed by atoms with E-state index < -0.39 is 51.4 Å². The zero-order valence-electron chi connectivity index (χ0n) is 16.6. The maximum Gasteiger partial charge on any atom is 0.263 e. The van der Waals surface area contributed by atoms with Crippen LogP contribution < -0.4 is 15.4 Å². The van der Waals surface area contributed by atoms with Gasteiger partial charge in [-0.05, 0) is 30.4 Å². The van der Waals surface area contributed by atoms with E-state index in [2.05, 4.69) is 10.1 Å². The van der Waals surface area contributed by atoms with E-state index in [4.69, 9.17) is 23.8 Å². The first-order valence-corrected chi connectivity index (χ1v) is 9.85. The van der Waals surface area contributed by atoms with Crippen LogP contribution in [0.4, 0.5) is 23.2 Å². The molecule has 0 spiro atoms. The molecule has 2 N–H and O–H groups in total. The normalized spacial score (nSPS) is 10.5. The molecule has 0 atom stereocenters. The van der Waals surface area contributed by atoms with Crippen molar-refractivity contribution in [3.05, 3.63) is 93.5 Å². The number of anilines is 1. The van der Waals surface area contributed by atoms with Crippen molar-refractivity contribution in [1.82, 2.24) is 5.32 Å². The van der Waals surface area contributed by atoms with Crippen molar-refractivity contribution < 1.29 is 31.9 Å². The Labute approximate surface area is 195 Å². The number of amides is 1. The Kier molecular flexibility index (Phi) is 7.29. The number of ether oxygens (including phenoxy) is 1. The zero-order chi connectivity index (χ0) is 24.3. The molecule has 0 fully saturated rings. The van der Waals surface area contributed by atoms with E-state index in [-0.39, 0.29) is 16.3 Å². The molecule has 0 heterocycles. The molecule has 0 saturated heterocycles. The summed E-state index contributed by atoms with van der Waals surface area (Å²) in [6.45, 7) is 0. The maximum absolute atomic E-state index is 14.2. The van der Waals surface area contributed by atoms with Crippen LogP contribution in [0.5, 0.6) is 5.75 Å². The number of benzene rings is 3. The molecule has 3 aromatic rings. The summed E-state index contributed by atoms with van der Waals surface area (Å²) in [6, 6.07) is 12.4. The second kappa shape index (κ2) is 9.97. The van der Waals surface area contributed by atoms with Gasteiger partial charge < -0.3 is 10.1 Å². The van der Waals surface area contributed by atoms with Gasteiger partial charge in [0.1, 0.15) is 5.56 Å². The summed E-state index contributed by atoms with van der Waals surface area (Å²) in [5.74, 6) is -11.0. The van der Waals surface area contributed by atoms with Gasteiger partial charge >= 0.3 is 0 Å². The van der Waals surface area contributed by atoms with E-state index >= 15 is 0 Å². The van der Waals surface area contributed by atoms with Crippen LogP contribution in [0.15, 0.2) is 48.5 Å². The zero-order valence-corrected chi connectivity index (χ0v) is 18.2. The molecule has 0 saturated carbocycles. The Morgan fingerprint density at radius 1 is 0.939 bits per heavy atom. The number of methoxy groups -OCH3 is 1. The van der Waals surface area contributed by atoms with Crippen LogP contribution in [0.25, 0.3) is 0 Å². The highest BCUT2D eigenvalue weighted by atomic mass is 35.5. The summed E-state index contributed by atoms with van der Waals surface area (Å²) < 4.78 is 60.4. The predicted molar refractivity (Wildman–Crippen MR) is 118 cm³/mol. The lowest BCUT2D eigenvalue weighted by Crippen LogP contribution is -2.36. The Morgan fingerprint density at radius 3 is 2.12 bits per heavy atom. The van der Waals surface area contributed by atoms with E-state index in [9.17, 15) is 27.2 Å². The molecular weight excluding hydrogens is 484 g/mol. The van der Waals surface area contributed by atoms with Crippen molar-refractivity contribution in [3.63, 3.8) is 0 Å². The summed E-state index contributed by atoms with van der Waals surface area (Å²) in [5, 5.41) is 4.20. The minimum atomic E-state index is -1.96. The summed E-state index contributed by atoms with van der Waals surface area (Å²) in [6.07, 6.45) is 0. The van der Waals surface area contributed by atoms with Crippen molar-refractivity contribution in [3.8, 4) is 5.75 Å². The number of halogens is 5. The minimum absolute atomic E-state index is 0.0872. The molecule has 0 aliphatic carbocycles. The lowest BCUT2D eigenvalue weighted by Gasteiger charge is -2.15. The third-order valence-corrected chi connectivity index (χ3v) is 4.83. The van der Waals surface area contributed by atoms with Crippen LogP contribution >= 0.6 is 23.8 Å². The lowest BCUT2D eigenvalue weighted by molar-refractivity contribution is 0.0965. The van der Waals surface area contributed by atoms with Crippen LogP contribution in [0.3, 0.4) is 0 Å². The van der Waals surface area contributed by atoms with E-state index in [1.165, 1.54) is 18.2 Å². The highest BCUT2D eigenvalue weighted by molar-refractivity contribution is 7.80. The van der Waals surface area contributed by atoms with Gasteiger partial charge in [-0.25, -0.2) is 8.78 Å². The number of carbonyl (C=O) groups is 2. The van der Waals surface area contributed by atoms with Crippen LogP contribution in [0.2, 0.25) is 5.02 Å². The number of rotatable bonds is 5. The molecule has 0 aliphatic heterocycles. The molecule has 0 radical (unpaired) electrons. The first-order chi connectivity index (χ1) is 15.6. The van der Waals surface area contributed by atoms with Crippen molar-refractivity contribution in [2.45, 2.75) is 0 Å². The van der Waals surface area contributed by atoms with Gasteiger partial charge in [0, 0.05) is 16.1 Å². The first-order valence-electron chi connectivity index (χ1n) is 9.07. The highest BCUT2D eigenvalue weighted by Gasteiger charge is 2.30. The third kappa shape index (κ3) is 4.96. The number of hydrogen-bond donors (Lipinski definition) is 2. The van der Waals surface area contributed by atoms with Gasteiger partial charge in [-0.1, -0.05) is 41.9 Å². The van der Waals surface area contributed by atoms with E-state index in [1.807, 2.05) is 5.32 Å². The van der Waals surface area contributed by atoms with Crippen molar-refractivity contribution in [2.75, 3.05) is 12.4 Å². The molecule has 33 heavy (non-hydrogen) atoms. The lowest BCUT2D eigenvalue weighted by atomic mass is 10.0. The van der Waals surface area contributed by atoms with E-state index in [0.29, 0.717) is 5.56 Å². The summed E-state index contributed by atoms with van der Waals surface area (Å²) in [4.78, 5) is 25.2. The van der Waals surface area contributed by atoms with Gasteiger partial charge in [-0.3, -0.25) is 14.9 Å². The van der Waals surface area contributed by atoms with E-state index in [1.54, 1.807) is 30.3 Å². The quantitative estimate of drug-likeness (QED) is 0.218.